The summed E-state index contributed by atoms with van der Waals surface area (Å²) in [5.41, 5.74) is 7.43. The Morgan fingerprint density at radius 3 is 3.00 bits per heavy atom. The molecule has 0 heterocycles. The second kappa shape index (κ2) is 4.31. The summed E-state index contributed by atoms with van der Waals surface area (Å²) >= 11 is 0. The zero-order valence-electron chi connectivity index (χ0n) is 8.48. The van der Waals surface area contributed by atoms with E-state index in [9.17, 15) is 0 Å². The van der Waals surface area contributed by atoms with Crippen molar-refractivity contribution in [2.24, 2.45) is 10.9 Å². The highest BCUT2D eigenvalue weighted by Crippen LogP contribution is 2.19. The molecule has 1 aromatic rings. The number of nitrogens with one attached hydrogen (secondary N) is 1. The van der Waals surface area contributed by atoms with E-state index in [1.165, 1.54) is 12.8 Å². The molecule has 1 aromatic carbocycles. The summed E-state index contributed by atoms with van der Waals surface area (Å²) in [6.45, 7) is 0.844. The van der Waals surface area contributed by atoms with Crippen molar-refractivity contribution in [1.29, 1.82) is 0 Å². The molecule has 0 radical (unpaired) electrons. The molecule has 0 aromatic heterocycles. The van der Waals surface area contributed by atoms with Crippen LogP contribution in [0.5, 0.6) is 0 Å². The minimum absolute atomic E-state index is 0.156. The van der Waals surface area contributed by atoms with Gasteiger partial charge in [-0.15, -0.1) is 0 Å². The van der Waals surface area contributed by atoms with Crippen LogP contribution in [0.1, 0.15) is 24.0 Å². The Labute approximate surface area is 88.8 Å². The number of amidine groups is 1. The van der Waals surface area contributed by atoms with E-state index in [4.69, 9.17) is 10.9 Å². The summed E-state index contributed by atoms with van der Waals surface area (Å²) in [6, 6.07) is 8.40. The number of oxime groups is 1. The van der Waals surface area contributed by atoms with Crippen LogP contribution in [0, 0.1) is 0 Å². The molecule has 0 saturated heterocycles. The first-order chi connectivity index (χ1) is 7.29. The maximum absolute atomic E-state index is 8.55. The van der Waals surface area contributed by atoms with Crippen molar-refractivity contribution in [1.82, 2.24) is 5.32 Å². The van der Waals surface area contributed by atoms with Gasteiger partial charge in [-0.3, -0.25) is 0 Å². The molecule has 15 heavy (non-hydrogen) atoms. The predicted molar refractivity (Wildman–Crippen MR) is 58.8 cm³/mol. The Hall–Kier alpha value is -1.55. The summed E-state index contributed by atoms with van der Waals surface area (Å²) in [7, 11) is 0. The Morgan fingerprint density at radius 1 is 1.53 bits per heavy atom. The minimum atomic E-state index is 0.156. The van der Waals surface area contributed by atoms with Crippen molar-refractivity contribution in [3.8, 4) is 0 Å². The summed E-state index contributed by atoms with van der Waals surface area (Å²) < 4.78 is 0. The smallest absolute Gasteiger partial charge is 0.170 e. The van der Waals surface area contributed by atoms with Gasteiger partial charge >= 0.3 is 0 Å². The molecule has 4 N–H and O–H groups in total. The normalized spacial score (nSPS) is 16.7. The monoisotopic (exact) mass is 205 g/mol. The standard InChI is InChI=1S/C11H15N3O/c12-11(14-15)9-3-1-2-8(6-9)7-13-10-4-5-10/h1-3,6,10,13,15H,4-5,7H2,(H2,12,14). The van der Waals surface area contributed by atoms with Gasteiger partial charge in [0.05, 0.1) is 0 Å². The van der Waals surface area contributed by atoms with Gasteiger partial charge in [0.1, 0.15) is 0 Å². The third kappa shape index (κ3) is 2.70. The first-order valence-electron chi connectivity index (χ1n) is 5.10. The Balaban J connectivity index is 2.03. The van der Waals surface area contributed by atoms with Crippen LogP contribution in [0.25, 0.3) is 0 Å². The van der Waals surface area contributed by atoms with Crippen LogP contribution >= 0.6 is 0 Å². The molecule has 0 unspecified atom stereocenters. The molecule has 1 fully saturated rings. The van der Waals surface area contributed by atoms with E-state index >= 15 is 0 Å². The van der Waals surface area contributed by atoms with Gasteiger partial charge in [0.2, 0.25) is 0 Å². The average Bonchev–Trinajstić information content (AvgIpc) is 3.09. The van der Waals surface area contributed by atoms with Gasteiger partial charge < -0.3 is 16.3 Å². The lowest BCUT2D eigenvalue weighted by molar-refractivity contribution is 0.318. The van der Waals surface area contributed by atoms with Crippen LogP contribution in [0.2, 0.25) is 0 Å². The van der Waals surface area contributed by atoms with Crippen LogP contribution in [0.3, 0.4) is 0 Å². The zero-order chi connectivity index (χ0) is 10.7. The van der Waals surface area contributed by atoms with Crippen molar-refractivity contribution in [3.63, 3.8) is 0 Å². The number of nitrogens with zero attached hydrogens (tertiary/aromatic N) is 1. The van der Waals surface area contributed by atoms with Crippen molar-refractivity contribution in [2.45, 2.75) is 25.4 Å². The lowest BCUT2D eigenvalue weighted by Gasteiger charge is -2.05. The molecule has 0 bridgehead atoms. The summed E-state index contributed by atoms with van der Waals surface area (Å²) in [4.78, 5) is 0. The van der Waals surface area contributed by atoms with Crippen LogP contribution in [-0.4, -0.2) is 17.1 Å². The summed E-state index contributed by atoms with van der Waals surface area (Å²) in [6.07, 6.45) is 2.56. The van der Waals surface area contributed by atoms with Crippen LogP contribution in [0.15, 0.2) is 29.4 Å². The maximum atomic E-state index is 8.55. The molecule has 1 aliphatic rings. The number of hydrogen-bond acceptors (Lipinski definition) is 3. The molecule has 2 rings (SSSR count). The molecule has 0 amide bonds. The van der Waals surface area contributed by atoms with Crippen molar-refractivity contribution in [3.05, 3.63) is 35.4 Å². The molecule has 4 heteroatoms. The van der Waals surface area contributed by atoms with Gasteiger partial charge in [-0.1, -0.05) is 23.4 Å². The van der Waals surface area contributed by atoms with Crippen molar-refractivity contribution in [2.75, 3.05) is 0 Å². The van der Waals surface area contributed by atoms with Crippen LogP contribution in [0.4, 0.5) is 0 Å². The van der Waals surface area contributed by atoms with E-state index in [0.717, 1.165) is 17.7 Å². The Kier molecular flexibility index (Phi) is 2.87. The Bertz CT molecular complexity index is 372. The molecule has 80 valence electrons. The maximum Gasteiger partial charge on any atom is 0.170 e. The zero-order valence-corrected chi connectivity index (χ0v) is 8.48. The van der Waals surface area contributed by atoms with E-state index in [1.807, 2.05) is 24.3 Å². The quantitative estimate of drug-likeness (QED) is 0.297. The fourth-order valence-corrected chi connectivity index (χ4v) is 1.45. The number of hydrogen-bond donors (Lipinski definition) is 3. The highest BCUT2D eigenvalue weighted by atomic mass is 16.4. The molecule has 0 atom stereocenters. The Morgan fingerprint density at radius 2 is 2.33 bits per heavy atom. The fourth-order valence-electron chi connectivity index (χ4n) is 1.45. The van der Waals surface area contributed by atoms with Gasteiger partial charge in [-0.25, -0.2) is 0 Å². The average molecular weight is 205 g/mol. The first-order valence-corrected chi connectivity index (χ1v) is 5.10. The molecule has 4 nitrogen and oxygen atoms in total. The second-order valence-electron chi connectivity index (χ2n) is 3.84. The van der Waals surface area contributed by atoms with Gasteiger partial charge in [-0.2, -0.15) is 0 Å². The topological polar surface area (TPSA) is 70.6 Å². The number of nitrogens with two attached hydrogens (primary N) is 1. The third-order valence-corrected chi connectivity index (χ3v) is 2.50. The molecular weight excluding hydrogens is 190 g/mol. The second-order valence-corrected chi connectivity index (χ2v) is 3.84. The first kappa shape index (κ1) is 9.98. The molecule has 0 spiro atoms. The van der Waals surface area contributed by atoms with E-state index in [-0.39, 0.29) is 5.84 Å². The lowest BCUT2D eigenvalue weighted by Crippen LogP contribution is -2.17. The number of rotatable bonds is 4. The predicted octanol–water partition coefficient (Wildman–Crippen LogP) is 1.03. The van der Waals surface area contributed by atoms with Gasteiger partial charge in [-0.05, 0) is 24.5 Å². The lowest BCUT2D eigenvalue weighted by atomic mass is 10.1. The molecule has 1 aliphatic carbocycles. The molecule has 1 saturated carbocycles. The highest BCUT2D eigenvalue weighted by Gasteiger charge is 2.19. The van der Waals surface area contributed by atoms with Crippen LogP contribution < -0.4 is 11.1 Å². The fraction of sp³-hybridized carbons (Fsp3) is 0.364. The van der Waals surface area contributed by atoms with E-state index in [0.29, 0.717) is 6.04 Å². The van der Waals surface area contributed by atoms with Crippen molar-refractivity contribution < 1.29 is 5.21 Å². The van der Waals surface area contributed by atoms with Gasteiger partial charge in [0, 0.05) is 18.2 Å². The summed E-state index contributed by atoms with van der Waals surface area (Å²) in [5.74, 6) is 0.156. The minimum Gasteiger partial charge on any atom is -0.409 e. The van der Waals surface area contributed by atoms with Gasteiger partial charge in [0.15, 0.2) is 5.84 Å². The van der Waals surface area contributed by atoms with Crippen LogP contribution in [-0.2, 0) is 6.54 Å². The molecular formula is C11H15N3O. The molecule has 0 aliphatic heterocycles. The van der Waals surface area contributed by atoms with Gasteiger partial charge in [0.25, 0.3) is 0 Å². The van der Waals surface area contributed by atoms with E-state index in [1.54, 1.807) is 0 Å². The van der Waals surface area contributed by atoms with Crippen molar-refractivity contribution >= 4 is 5.84 Å². The largest absolute Gasteiger partial charge is 0.409 e. The number of benzene rings is 1. The highest BCUT2D eigenvalue weighted by molar-refractivity contribution is 5.97. The SMILES string of the molecule is NC(=NO)c1cccc(CNC2CC2)c1. The summed E-state index contributed by atoms with van der Waals surface area (Å²) in [5, 5.41) is 14.9. The van der Waals surface area contributed by atoms with E-state index < -0.39 is 0 Å². The third-order valence-electron chi connectivity index (χ3n) is 2.50. The van der Waals surface area contributed by atoms with E-state index in [2.05, 4.69) is 10.5 Å².